The van der Waals surface area contributed by atoms with Gasteiger partial charge in [0.05, 0.1) is 6.04 Å². The Kier molecular flexibility index (Phi) is 4.18. The fourth-order valence-corrected chi connectivity index (χ4v) is 1.07. The standard InChI is InChI=1S/C9H19N3O/c1-7(11-6-2-5-10)9(13)12-8-3-4-8/h7-8,11H,2-6,10H2,1H3,(H,12,13). The Morgan fingerprint density at radius 2 is 2.31 bits per heavy atom. The molecule has 1 amide bonds. The van der Waals surface area contributed by atoms with Crippen LogP contribution in [0.4, 0.5) is 0 Å². The highest BCUT2D eigenvalue weighted by molar-refractivity contribution is 5.81. The number of hydrogen-bond acceptors (Lipinski definition) is 3. The van der Waals surface area contributed by atoms with Gasteiger partial charge in [0.1, 0.15) is 0 Å². The Hall–Kier alpha value is -0.610. The van der Waals surface area contributed by atoms with Gasteiger partial charge in [0, 0.05) is 6.04 Å². The van der Waals surface area contributed by atoms with E-state index in [1.54, 1.807) is 0 Å². The first-order valence-corrected chi connectivity index (χ1v) is 4.98. The molecule has 0 aromatic rings. The summed E-state index contributed by atoms with van der Waals surface area (Å²) in [6.07, 6.45) is 3.20. The van der Waals surface area contributed by atoms with E-state index >= 15 is 0 Å². The molecule has 0 saturated heterocycles. The first-order chi connectivity index (χ1) is 6.24. The molecule has 0 radical (unpaired) electrons. The summed E-state index contributed by atoms with van der Waals surface area (Å²) in [5.41, 5.74) is 5.34. The van der Waals surface area contributed by atoms with Gasteiger partial charge in [-0.05, 0) is 39.3 Å². The molecule has 0 bridgehead atoms. The summed E-state index contributed by atoms with van der Waals surface area (Å²) < 4.78 is 0. The van der Waals surface area contributed by atoms with E-state index in [0.717, 1.165) is 25.8 Å². The molecule has 76 valence electrons. The van der Waals surface area contributed by atoms with E-state index in [4.69, 9.17) is 5.73 Å². The fraction of sp³-hybridized carbons (Fsp3) is 0.889. The van der Waals surface area contributed by atoms with Gasteiger partial charge in [-0.2, -0.15) is 0 Å². The summed E-state index contributed by atoms with van der Waals surface area (Å²) in [7, 11) is 0. The lowest BCUT2D eigenvalue weighted by Crippen LogP contribution is -2.43. The van der Waals surface area contributed by atoms with E-state index < -0.39 is 0 Å². The summed E-state index contributed by atoms with van der Waals surface area (Å²) in [6.45, 7) is 3.37. The molecule has 0 aliphatic heterocycles. The number of carbonyl (C=O) groups excluding carboxylic acids is 1. The quantitative estimate of drug-likeness (QED) is 0.493. The number of hydrogen-bond donors (Lipinski definition) is 3. The van der Waals surface area contributed by atoms with Crippen LogP contribution in [0.25, 0.3) is 0 Å². The second kappa shape index (κ2) is 5.19. The topological polar surface area (TPSA) is 67.1 Å². The van der Waals surface area contributed by atoms with Crippen molar-refractivity contribution < 1.29 is 4.79 Å². The third-order valence-electron chi connectivity index (χ3n) is 2.15. The normalized spacial score (nSPS) is 18.3. The number of nitrogens with one attached hydrogen (secondary N) is 2. The maximum Gasteiger partial charge on any atom is 0.237 e. The zero-order valence-electron chi connectivity index (χ0n) is 8.18. The van der Waals surface area contributed by atoms with Crippen molar-refractivity contribution in [2.45, 2.75) is 38.3 Å². The molecular formula is C9H19N3O. The summed E-state index contributed by atoms with van der Waals surface area (Å²) in [5, 5.41) is 6.07. The Balaban J connectivity index is 2.05. The van der Waals surface area contributed by atoms with E-state index in [1.807, 2.05) is 6.92 Å². The molecule has 1 unspecified atom stereocenters. The summed E-state index contributed by atoms with van der Waals surface area (Å²) >= 11 is 0. The molecule has 1 atom stereocenters. The fourth-order valence-electron chi connectivity index (χ4n) is 1.07. The second-order valence-corrected chi connectivity index (χ2v) is 3.60. The third-order valence-corrected chi connectivity index (χ3v) is 2.15. The van der Waals surface area contributed by atoms with Crippen LogP contribution in [0.3, 0.4) is 0 Å². The highest BCUT2D eigenvalue weighted by atomic mass is 16.2. The molecule has 13 heavy (non-hydrogen) atoms. The van der Waals surface area contributed by atoms with Crippen molar-refractivity contribution >= 4 is 5.91 Å². The van der Waals surface area contributed by atoms with Gasteiger partial charge in [0.15, 0.2) is 0 Å². The molecule has 0 aromatic heterocycles. The van der Waals surface area contributed by atoms with Crippen LogP contribution in [0, 0.1) is 0 Å². The molecule has 4 N–H and O–H groups in total. The van der Waals surface area contributed by atoms with E-state index in [-0.39, 0.29) is 11.9 Å². The number of carbonyl (C=O) groups is 1. The van der Waals surface area contributed by atoms with E-state index in [0.29, 0.717) is 12.6 Å². The van der Waals surface area contributed by atoms with Gasteiger partial charge in [-0.3, -0.25) is 4.79 Å². The summed E-state index contributed by atoms with van der Waals surface area (Å²) in [4.78, 5) is 11.4. The predicted molar refractivity (Wildman–Crippen MR) is 52.3 cm³/mol. The van der Waals surface area contributed by atoms with Crippen molar-refractivity contribution in [2.75, 3.05) is 13.1 Å². The average Bonchev–Trinajstić information content (AvgIpc) is 2.88. The zero-order chi connectivity index (χ0) is 9.68. The predicted octanol–water partition coefficient (Wildman–Crippen LogP) is -0.408. The van der Waals surface area contributed by atoms with Crippen molar-refractivity contribution in [3.63, 3.8) is 0 Å². The van der Waals surface area contributed by atoms with Gasteiger partial charge in [-0.1, -0.05) is 0 Å². The maximum absolute atomic E-state index is 11.4. The number of nitrogens with two attached hydrogens (primary N) is 1. The van der Waals surface area contributed by atoms with Gasteiger partial charge in [0.25, 0.3) is 0 Å². The minimum atomic E-state index is -0.0906. The first kappa shape index (κ1) is 10.5. The SMILES string of the molecule is CC(NCCCN)C(=O)NC1CC1. The van der Waals surface area contributed by atoms with Crippen LogP contribution in [0.5, 0.6) is 0 Å². The van der Waals surface area contributed by atoms with Gasteiger partial charge in [-0.15, -0.1) is 0 Å². The minimum Gasteiger partial charge on any atom is -0.352 e. The highest BCUT2D eigenvalue weighted by Crippen LogP contribution is 2.18. The molecule has 1 fully saturated rings. The Morgan fingerprint density at radius 1 is 1.62 bits per heavy atom. The lowest BCUT2D eigenvalue weighted by molar-refractivity contribution is -0.122. The molecule has 0 aromatic carbocycles. The smallest absolute Gasteiger partial charge is 0.237 e. The second-order valence-electron chi connectivity index (χ2n) is 3.60. The van der Waals surface area contributed by atoms with E-state index in [1.165, 1.54) is 0 Å². The highest BCUT2D eigenvalue weighted by Gasteiger charge is 2.25. The summed E-state index contributed by atoms with van der Waals surface area (Å²) in [5.74, 6) is 0.111. The third kappa shape index (κ3) is 4.24. The lowest BCUT2D eigenvalue weighted by Gasteiger charge is -2.12. The molecule has 4 heteroatoms. The van der Waals surface area contributed by atoms with Crippen LogP contribution in [0.1, 0.15) is 26.2 Å². The monoisotopic (exact) mass is 185 g/mol. The molecule has 1 aliphatic carbocycles. The van der Waals surface area contributed by atoms with Crippen LogP contribution in [0.2, 0.25) is 0 Å². The largest absolute Gasteiger partial charge is 0.352 e. The maximum atomic E-state index is 11.4. The zero-order valence-corrected chi connectivity index (χ0v) is 8.18. The molecule has 0 heterocycles. The Labute approximate surface area is 79.3 Å². The van der Waals surface area contributed by atoms with Crippen LogP contribution >= 0.6 is 0 Å². The van der Waals surface area contributed by atoms with Crippen molar-refractivity contribution in [3.8, 4) is 0 Å². The molecule has 1 rings (SSSR count). The van der Waals surface area contributed by atoms with Crippen LogP contribution in [0.15, 0.2) is 0 Å². The van der Waals surface area contributed by atoms with Crippen LogP contribution < -0.4 is 16.4 Å². The van der Waals surface area contributed by atoms with Crippen molar-refractivity contribution in [1.82, 2.24) is 10.6 Å². The van der Waals surface area contributed by atoms with Crippen LogP contribution in [-0.4, -0.2) is 31.1 Å². The van der Waals surface area contributed by atoms with Gasteiger partial charge in [-0.25, -0.2) is 0 Å². The van der Waals surface area contributed by atoms with Crippen LogP contribution in [-0.2, 0) is 4.79 Å². The van der Waals surface area contributed by atoms with E-state index in [2.05, 4.69) is 10.6 Å². The van der Waals surface area contributed by atoms with Gasteiger partial charge >= 0.3 is 0 Å². The minimum absolute atomic E-state index is 0.0906. The number of rotatable bonds is 6. The summed E-state index contributed by atoms with van der Waals surface area (Å²) in [6, 6.07) is 0.360. The van der Waals surface area contributed by atoms with Gasteiger partial charge in [0.2, 0.25) is 5.91 Å². The van der Waals surface area contributed by atoms with Gasteiger partial charge < -0.3 is 16.4 Å². The number of amides is 1. The first-order valence-electron chi connectivity index (χ1n) is 4.98. The van der Waals surface area contributed by atoms with Crippen molar-refractivity contribution in [2.24, 2.45) is 5.73 Å². The van der Waals surface area contributed by atoms with Crippen molar-refractivity contribution in [1.29, 1.82) is 0 Å². The van der Waals surface area contributed by atoms with E-state index in [9.17, 15) is 4.79 Å². The molecule has 4 nitrogen and oxygen atoms in total. The molecule has 0 spiro atoms. The molecular weight excluding hydrogens is 166 g/mol. The van der Waals surface area contributed by atoms with Crippen molar-refractivity contribution in [3.05, 3.63) is 0 Å². The molecule has 1 aliphatic rings. The Bertz CT molecular complexity index is 168. The molecule has 1 saturated carbocycles. The average molecular weight is 185 g/mol. The Morgan fingerprint density at radius 3 is 2.85 bits per heavy atom. The lowest BCUT2D eigenvalue weighted by atomic mass is 10.3.